The largest absolute Gasteiger partial charge is 0.481 e. The first kappa shape index (κ1) is 14.8. The number of nitrogens with one attached hydrogen (secondary N) is 2. The van der Waals surface area contributed by atoms with Gasteiger partial charge in [0.05, 0.1) is 5.92 Å². The van der Waals surface area contributed by atoms with Crippen LogP contribution in [0.1, 0.15) is 29.6 Å². The molecule has 21 heavy (non-hydrogen) atoms. The fourth-order valence-corrected chi connectivity index (χ4v) is 2.53. The third-order valence-electron chi connectivity index (χ3n) is 3.56. The molecule has 5 N–H and O–H groups in total. The molecule has 0 spiro atoms. The molecule has 1 aromatic carbocycles. The van der Waals surface area contributed by atoms with Gasteiger partial charge in [-0.15, -0.1) is 0 Å². The first-order valence-electron chi connectivity index (χ1n) is 6.67. The highest BCUT2D eigenvalue weighted by molar-refractivity contribution is 5.95. The van der Waals surface area contributed by atoms with Crippen LogP contribution in [0.15, 0.2) is 24.3 Å². The van der Waals surface area contributed by atoms with Crippen molar-refractivity contribution in [2.75, 3.05) is 5.32 Å². The number of carboxylic acid groups (broad SMARTS) is 1. The van der Waals surface area contributed by atoms with E-state index in [1.165, 1.54) is 0 Å². The van der Waals surface area contributed by atoms with E-state index in [0.717, 1.165) is 6.42 Å². The van der Waals surface area contributed by atoms with Gasteiger partial charge in [0.1, 0.15) is 0 Å². The van der Waals surface area contributed by atoms with Crippen LogP contribution in [-0.4, -0.2) is 29.1 Å². The summed E-state index contributed by atoms with van der Waals surface area (Å²) in [6.45, 7) is 0. The van der Waals surface area contributed by atoms with Gasteiger partial charge in [-0.05, 0) is 37.1 Å². The molecule has 1 saturated carbocycles. The monoisotopic (exact) mass is 291 g/mol. The van der Waals surface area contributed by atoms with E-state index in [2.05, 4.69) is 10.6 Å². The number of hydrogen-bond donors (Lipinski definition) is 4. The number of anilines is 1. The smallest absolute Gasteiger partial charge is 0.316 e. The summed E-state index contributed by atoms with van der Waals surface area (Å²) in [5.41, 5.74) is 5.88. The Bertz CT molecular complexity index is 556. The van der Waals surface area contributed by atoms with Gasteiger partial charge in [0.2, 0.25) is 0 Å². The first-order chi connectivity index (χ1) is 9.97. The average Bonchev–Trinajstić information content (AvgIpc) is 2.87. The number of hydrogen-bond acceptors (Lipinski definition) is 3. The van der Waals surface area contributed by atoms with Crippen molar-refractivity contribution in [2.45, 2.75) is 25.3 Å². The Balaban J connectivity index is 2.00. The molecule has 1 fully saturated rings. The maximum atomic E-state index is 12.1. The minimum Gasteiger partial charge on any atom is -0.481 e. The molecule has 0 aliphatic heterocycles. The van der Waals surface area contributed by atoms with Crippen LogP contribution in [0.25, 0.3) is 0 Å². The van der Waals surface area contributed by atoms with Gasteiger partial charge in [0.25, 0.3) is 5.91 Å². The predicted molar refractivity (Wildman–Crippen MR) is 75.9 cm³/mol. The van der Waals surface area contributed by atoms with Crippen LogP contribution < -0.4 is 16.4 Å². The number of benzene rings is 1. The maximum absolute atomic E-state index is 12.1. The van der Waals surface area contributed by atoms with E-state index in [1.54, 1.807) is 24.3 Å². The third-order valence-corrected chi connectivity index (χ3v) is 3.56. The van der Waals surface area contributed by atoms with E-state index in [1.807, 2.05) is 0 Å². The predicted octanol–water partition coefficient (Wildman–Crippen LogP) is 1.16. The highest BCUT2D eigenvalue weighted by Gasteiger charge is 2.33. The van der Waals surface area contributed by atoms with Gasteiger partial charge in [-0.25, -0.2) is 4.79 Å². The standard InChI is InChI=1S/C14H17N3O4/c15-14(21)16-9-6-4-8(5-7-9)12(18)17-11-3-1-2-10(11)13(19)20/h4-7,10-11H,1-3H2,(H,17,18)(H,19,20)(H3,15,16,21). The fraction of sp³-hybridized carbons (Fsp3) is 0.357. The number of primary amides is 1. The van der Waals surface area contributed by atoms with Crippen LogP contribution in [0.5, 0.6) is 0 Å². The lowest BCUT2D eigenvalue weighted by Gasteiger charge is -2.17. The summed E-state index contributed by atoms with van der Waals surface area (Å²) in [6.07, 6.45) is 2.05. The quantitative estimate of drug-likeness (QED) is 0.665. The molecule has 2 atom stereocenters. The Labute approximate surface area is 121 Å². The Morgan fingerprint density at radius 1 is 1.14 bits per heavy atom. The number of aliphatic carboxylic acids is 1. The van der Waals surface area contributed by atoms with Crippen LogP contribution in [0, 0.1) is 5.92 Å². The van der Waals surface area contributed by atoms with E-state index < -0.39 is 17.9 Å². The molecular weight excluding hydrogens is 274 g/mol. The van der Waals surface area contributed by atoms with Gasteiger partial charge in [-0.3, -0.25) is 9.59 Å². The van der Waals surface area contributed by atoms with Gasteiger partial charge in [0.15, 0.2) is 0 Å². The third kappa shape index (κ3) is 3.71. The summed E-state index contributed by atoms with van der Waals surface area (Å²) >= 11 is 0. The molecule has 1 aliphatic rings. The number of amides is 3. The van der Waals surface area contributed by atoms with Gasteiger partial charge in [0, 0.05) is 17.3 Å². The molecule has 1 aliphatic carbocycles. The number of carbonyl (C=O) groups is 3. The molecule has 2 rings (SSSR count). The molecular formula is C14H17N3O4. The highest BCUT2D eigenvalue weighted by atomic mass is 16.4. The van der Waals surface area contributed by atoms with Crippen LogP contribution in [-0.2, 0) is 4.79 Å². The number of urea groups is 1. The first-order valence-corrected chi connectivity index (χ1v) is 6.67. The van der Waals surface area contributed by atoms with Gasteiger partial charge >= 0.3 is 12.0 Å². The molecule has 1 aromatic rings. The Kier molecular flexibility index (Phi) is 4.42. The molecule has 7 heteroatoms. The lowest BCUT2D eigenvalue weighted by molar-refractivity contribution is -0.142. The van der Waals surface area contributed by atoms with Crippen LogP contribution >= 0.6 is 0 Å². The summed E-state index contributed by atoms with van der Waals surface area (Å²) in [5.74, 6) is -1.72. The van der Waals surface area contributed by atoms with Crippen LogP contribution in [0.3, 0.4) is 0 Å². The second-order valence-corrected chi connectivity index (χ2v) is 5.02. The number of nitrogens with two attached hydrogens (primary N) is 1. The summed E-state index contributed by atoms with van der Waals surface area (Å²) in [4.78, 5) is 33.9. The summed E-state index contributed by atoms with van der Waals surface area (Å²) < 4.78 is 0. The molecule has 3 amide bonds. The SMILES string of the molecule is NC(=O)Nc1ccc(C(=O)NC2CCCC2C(=O)O)cc1. The molecule has 112 valence electrons. The van der Waals surface area contributed by atoms with Gasteiger partial charge in [-0.1, -0.05) is 6.42 Å². The van der Waals surface area contributed by atoms with Crippen molar-refractivity contribution in [1.29, 1.82) is 0 Å². The zero-order valence-electron chi connectivity index (χ0n) is 11.3. The van der Waals surface area contributed by atoms with Crippen molar-refractivity contribution in [3.8, 4) is 0 Å². The highest BCUT2D eigenvalue weighted by Crippen LogP contribution is 2.26. The van der Waals surface area contributed by atoms with Gasteiger partial charge in [-0.2, -0.15) is 0 Å². The minimum atomic E-state index is -0.876. The number of rotatable bonds is 4. The van der Waals surface area contributed by atoms with Gasteiger partial charge < -0.3 is 21.5 Å². The normalized spacial score (nSPS) is 20.8. The van der Waals surface area contributed by atoms with Crippen molar-refractivity contribution in [2.24, 2.45) is 11.7 Å². The summed E-state index contributed by atoms with van der Waals surface area (Å²) in [7, 11) is 0. The maximum Gasteiger partial charge on any atom is 0.316 e. The molecule has 0 saturated heterocycles. The number of carbonyl (C=O) groups excluding carboxylic acids is 2. The zero-order chi connectivity index (χ0) is 15.4. The van der Waals surface area contributed by atoms with E-state index in [-0.39, 0.29) is 11.9 Å². The molecule has 0 radical (unpaired) electrons. The average molecular weight is 291 g/mol. The number of carboxylic acids is 1. The minimum absolute atomic E-state index is 0.321. The lowest BCUT2D eigenvalue weighted by atomic mass is 10.0. The van der Waals surface area contributed by atoms with E-state index in [4.69, 9.17) is 10.8 Å². The van der Waals surface area contributed by atoms with Crippen molar-refractivity contribution in [3.05, 3.63) is 29.8 Å². The van der Waals surface area contributed by atoms with Crippen LogP contribution in [0.2, 0.25) is 0 Å². The lowest BCUT2D eigenvalue weighted by Crippen LogP contribution is -2.40. The Morgan fingerprint density at radius 2 is 1.81 bits per heavy atom. The zero-order valence-corrected chi connectivity index (χ0v) is 11.3. The van der Waals surface area contributed by atoms with E-state index in [0.29, 0.717) is 24.1 Å². The fourth-order valence-electron chi connectivity index (χ4n) is 2.53. The molecule has 0 heterocycles. The van der Waals surface area contributed by atoms with Crippen molar-refractivity contribution < 1.29 is 19.5 Å². The van der Waals surface area contributed by atoms with Crippen molar-refractivity contribution >= 4 is 23.6 Å². The van der Waals surface area contributed by atoms with Crippen molar-refractivity contribution in [1.82, 2.24) is 5.32 Å². The van der Waals surface area contributed by atoms with Crippen molar-refractivity contribution in [3.63, 3.8) is 0 Å². The Hall–Kier alpha value is -2.57. The van der Waals surface area contributed by atoms with Crippen LogP contribution in [0.4, 0.5) is 10.5 Å². The van der Waals surface area contributed by atoms with E-state index >= 15 is 0 Å². The molecule has 7 nitrogen and oxygen atoms in total. The second kappa shape index (κ2) is 6.25. The topological polar surface area (TPSA) is 122 Å². The van der Waals surface area contributed by atoms with E-state index in [9.17, 15) is 14.4 Å². The second-order valence-electron chi connectivity index (χ2n) is 5.02. The Morgan fingerprint density at radius 3 is 2.38 bits per heavy atom. The summed E-state index contributed by atoms with van der Waals surface area (Å²) in [5, 5.41) is 14.2. The molecule has 0 aromatic heterocycles. The molecule has 2 unspecified atom stereocenters. The summed E-state index contributed by atoms with van der Waals surface area (Å²) in [6, 6.07) is 5.20. The molecule has 0 bridgehead atoms.